The van der Waals surface area contributed by atoms with E-state index >= 15 is 0 Å². The summed E-state index contributed by atoms with van der Waals surface area (Å²) in [6.07, 6.45) is 11.1. The van der Waals surface area contributed by atoms with Crippen LogP contribution in [-0.2, 0) is 9.47 Å². The fourth-order valence-electron chi connectivity index (χ4n) is 3.81. The highest BCUT2D eigenvalue weighted by Gasteiger charge is 2.44. The molecule has 0 spiro atoms. The van der Waals surface area contributed by atoms with E-state index in [1.807, 2.05) is 6.08 Å². The van der Waals surface area contributed by atoms with Crippen molar-refractivity contribution >= 4 is 0 Å². The average Bonchev–Trinajstić information content (AvgIpc) is 2.79. The van der Waals surface area contributed by atoms with E-state index in [4.69, 9.17) is 15.2 Å². The summed E-state index contributed by atoms with van der Waals surface area (Å²) in [5.41, 5.74) is 5.93. The van der Waals surface area contributed by atoms with E-state index in [9.17, 15) is 25.5 Å². The van der Waals surface area contributed by atoms with Gasteiger partial charge < -0.3 is 40.7 Å². The molecule has 0 radical (unpaired) electrons. The van der Waals surface area contributed by atoms with Crippen LogP contribution in [0.15, 0.2) is 12.2 Å². The molecular weight excluding hydrogens is 414 g/mol. The Bertz CT molecular complexity index is 477. The molecule has 1 saturated heterocycles. The molecule has 7 atom stereocenters. The zero-order chi connectivity index (χ0) is 23.8. The molecular formula is C24H47NO7. The van der Waals surface area contributed by atoms with Gasteiger partial charge in [0, 0.05) is 0 Å². The number of hydrogen-bond acceptors (Lipinski definition) is 8. The fraction of sp³-hybridized carbons (Fsp3) is 0.917. The van der Waals surface area contributed by atoms with Crippen LogP contribution in [0.1, 0.15) is 84.0 Å². The van der Waals surface area contributed by atoms with Crippen molar-refractivity contribution in [1.29, 1.82) is 0 Å². The molecule has 1 aliphatic heterocycles. The summed E-state index contributed by atoms with van der Waals surface area (Å²) in [7, 11) is 0. The number of hydrogen-bond donors (Lipinski definition) is 6. The summed E-state index contributed by atoms with van der Waals surface area (Å²) in [5.74, 6) is 0. The second-order valence-electron chi connectivity index (χ2n) is 8.94. The SMILES string of the molecule is CCCCCCCCCCCCC/C=C/C(O)C(N)COC1O[C@H](CO)[C@H](O)[C@H](O)[C@H]1O. The minimum atomic E-state index is -1.50. The Labute approximate surface area is 193 Å². The number of ether oxygens (including phenoxy) is 2. The van der Waals surface area contributed by atoms with Gasteiger partial charge in [-0.1, -0.05) is 83.3 Å². The molecule has 1 aliphatic rings. The third-order valence-electron chi connectivity index (χ3n) is 6.05. The Balaban J connectivity index is 2.10. The monoisotopic (exact) mass is 461 g/mol. The van der Waals surface area contributed by atoms with Gasteiger partial charge in [-0.05, 0) is 12.8 Å². The molecule has 1 rings (SSSR count). The molecule has 7 N–H and O–H groups in total. The van der Waals surface area contributed by atoms with E-state index in [1.54, 1.807) is 6.08 Å². The van der Waals surface area contributed by atoms with Gasteiger partial charge in [0.25, 0.3) is 0 Å². The molecule has 1 fully saturated rings. The topological polar surface area (TPSA) is 146 Å². The molecule has 8 nitrogen and oxygen atoms in total. The maximum Gasteiger partial charge on any atom is 0.186 e. The highest BCUT2D eigenvalue weighted by atomic mass is 16.7. The number of unbranched alkanes of at least 4 members (excludes halogenated alkanes) is 11. The number of aliphatic hydroxyl groups is 5. The van der Waals surface area contributed by atoms with E-state index in [0.29, 0.717) is 0 Å². The largest absolute Gasteiger partial charge is 0.394 e. The van der Waals surface area contributed by atoms with Crippen LogP contribution in [0.25, 0.3) is 0 Å². The number of aliphatic hydroxyl groups excluding tert-OH is 5. The summed E-state index contributed by atoms with van der Waals surface area (Å²) in [6, 6.07) is -0.740. The van der Waals surface area contributed by atoms with Crippen molar-refractivity contribution < 1.29 is 35.0 Å². The first-order valence-electron chi connectivity index (χ1n) is 12.4. The van der Waals surface area contributed by atoms with Crippen LogP contribution in [0.2, 0.25) is 0 Å². The summed E-state index contributed by atoms with van der Waals surface area (Å²) in [6.45, 7) is 1.60. The highest BCUT2D eigenvalue weighted by Crippen LogP contribution is 2.22. The van der Waals surface area contributed by atoms with Gasteiger partial charge in [0.2, 0.25) is 0 Å². The number of rotatable bonds is 18. The van der Waals surface area contributed by atoms with E-state index in [0.717, 1.165) is 12.8 Å². The third-order valence-corrected chi connectivity index (χ3v) is 6.05. The standard InChI is InChI=1S/C24H47NO7/c1-2-3-4-5-6-7-8-9-10-11-12-13-14-15-19(27)18(25)17-31-24-23(30)22(29)21(28)20(16-26)32-24/h14-15,18-24,26-30H,2-13,16-17,25H2,1H3/b15-14+/t18?,19?,20-,21+,22+,23-,24?/m1/s1. The van der Waals surface area contributed by atoms with Crippen molar-refractivity contribution in [3.63, 3.8) is 0 Å². The Morgan fingerprint density at radius 3 is 2.00 bits per heavy atom. The lowest BCUT2D eigenvalue weighted by Crippen LogP contribution is -2.59. The molecule has 0 aliphatic carbocycles. The van der Waals surface area contributed by atoms with Crippen LogP contribution in [-0.4, -0.2) is 81.6 Å². The zero-order valence-electron chi connectivity index (χ0n) is 19.7. The molecule has 0 saturated carbocycles. The first kappa shape index (κ1) is 29.5. The van der Waals surface area contributed by atoms with Gasteiger partial charge in [0.15, 0.2) is 6.29 Å². The third kappa shape index (κ3) is 11.5. The van der Waals surface area contributed by atoms with Gasteiger partial charge in [-0.15, -0.1) is 0 Å². The lowest BCUT2D eigenvalue weighted by molar-refractivity contribution is -0.302. The predicted octanol–water partition coefficient (Wildman–Crippen LogP) is 1.75. The highest BCUT2D eigenvalue weighted by molar-refractivity contribution is 4.94. The van der Waals surface area contributed by atoms with Gasteiger partial charge in [0.05, 0.1) is 25.4 Å². The summed E-state index contributed by atoms with van der Waals surface area (Å²) in [5, 5.41) is 48.8. The lowest BCUT2D eigenvalue weighted by Gasteiger charge is -2.39. The van der Waals surface area contributed by atoms with Crippen molar-refractivity contribution in [2.75, 3.05) is 13.2 Å². The van der Waals surface area contributed by atoms with E-state index in [1.165, 1.54) is 64.2 Å². The molecule has 32 heavy (non-hydrogen) atoms. The molecule has 0 amide bonds. The van der Waals surface area contributed by atoms with Gasteiger partial charge in [-0.3, -0.25) is 0 Å². The number of nitrogens with two attached hydrogens (primary N) is 1. The minimum Gasteiger partial charge on any atom is -0.394 e. The summed E-state index contributed by atoms with van der Waals surface area (Å²) in [4.78, 5) is 0. The zero-order valence-corrected chi connectivity index (χ0v) is 19.7. The predicted molar refractivity (Wildman–Crippen MR) is 124 cm³/mol. The van der Waals surface area contributed by atoms with Crippen molar-refractivity contribution in [3.05, 3.63) is 12.2 Å². The van der Waals surface area contributed by atoms with Gasteiger partial charge in [-0.25, -0.2) is 0 Å². The van der Waals surface area contributed by atoms with E-state index in [-0.39, 0.29) is 6.61 Å². The molecule has 1 heterocycles. The van der Waals surface area contributed by atoms with Crippen LogP contribution in [0.3, 0.4) is 0 Å². The Kier molecular flexibility index (Phi) is 16.4. The van der Waals surface area contributed by atoms with Crippen LogP contribution in [0.4, 0.5) is 0 Å². The maximum atomic E-state index is 10.2. The quantitative estimate of drug-likeness (QED) is 0.134. The second kappa shape index (κ2) is 17.8. The van der Waals surface area contributed by atoms with Gasteiger partial charge in [0.1, 0.15) is 24.4 Å². The van der Waals surface area contributed by atoms with E-state index < -0.39 is 49.5 Å². The normalized spacial score (nSPS) is 28.3. The smallest absolute Gasteiger partial charge is 0.186 e. The Morgan fingerprint density at radius 1 is 0.875 bits per heavy atom. The fourth-order valence-corrected chi connectivity index (χ4v) is 3.81. The Morgan fingerprint density at radius 2 is 1.44 bits per heavy atom. The maximum absolute atomic E-state index is 10.2. The van der Waals surface area contributed by atoms with Crippen molar-refractivity contribution in [3.8, 4) is 0 Å². The van der Waals surface area contributed by atoms with E-state index in [2.05, 4.69) is 6.92 Å². The van der Waals surface area contributed by atoms with Gasteiger partial charge in [-0.2, -0.15) is 0 Å². The summed E-state index contributed by atoms with van der Waals surface area (Å²) < 4.78 is 10.6. The summed E-state index contributed by atoms with van der Waals surface area (Å²) >= 11 is 0. The first-order chi connectivity index (χ1) is 15.4. The molecule has 190 valence electrons. The van der Waals surface area contributed by atoms with Crippen molar-refractivity contribution in [2.24, 2.45) is 5.73 Å². The molecule has 0 aromatic rings. The molecule has 0 aromatic heterocycles. The average molecular weight is 462 g/mol. The van der Waals surface area contributed by atoms with Crippen LogP contribution >= 0.6 is 0 Å². The van der Waals surface area contributed by atoms with Crippen molar-refractivity contribution in [1.82, 2.24) is 0 Å². The van der Waals surface area contributed by atoms with Crippen LogP contribution in [0, 0.1) is 0 Å². The van der Waals surface area contributed by atoms with Crippen molar-refractivity contribution in [2.45, 2.75) is 127 Å². The minimum absolute atomic E-state index is 0.118. The second-order valence-corrected chi connectivity index (χ2v) is 8.94. The van der Waals surface area contributed by atoms with Gasteiger partial charge >= 0.3 is 0 Å². The molecule has 8 heteroatoms. The number of allylic oxidation sites excluding steroid dienone is 1. The van der Waals surface area contributed by atoms with Crippen LogP contribution in [0.5, 0.6) is 0 Å². The molecule has 0 aromatic carbocycles. The lowest BCUT2D eigenvalue weighted by atomic mass is 9.99. The van der Waals surface area contributed by atoms with Crippen LogP contribution < -0.4 is 5.73 Å². The first-order valence-corrected chi connectivity index (χ1v) is 12.4. The Hall–Kier alpha value is -0.580. The molecule has 3 unspecified atom stereocenters. The molecule has 0 bridgehead atoms.